The van der Waals surface area contributed by atoms with Gasteiger partial charge in [0.15, 0.2) is 0 Å². The van der Waals surface area contributed by atoms with Gasteiger partial charge >= 0.3 is 0 Å². The van der Waals surface area contributed by atoms with Crippen molar-refractivity contribution in [2.24, 2.45) is 0 Å². The van der Waals surface area contributed by atoms with Gasteiger partial charge in [-0.05, 0) is 47.5 Å². The van der Waals surface area contributed by atoms with E-state index >= 15 is 0 Å². The largest absolute Gasteiger partial charge is 0.298 e. The first-order valence-electron chi connectivity index (χ1n) is 8.50. The molecule has 0 N–H and O–H groups in total. The highest BCUT2D eigenvalue weighted by molar-refractivity contribution is 5.90. The minimum atomic E-state index is 0.733. The summed E-state index contributed by atoms with van der Waals surface area (Å²) in [5.41, 5.74) is 3.95. The van der Waals surface area contributed by atoms with Crippen LogP contribution in [0.15, 0.2) is 72.8 Å². The number of rotatable bonds is 2. The molecule has 128 valence electrons. The van der Waals surface area contributed by atoms with Crippen LogP contribution in [-0.2, 0) is 0 Å². The number of aryl methyl sites for hydroxylation is 2. The van der Waals surface area contributed by atoms with E-state index in [2.05, 4.69) is 38.1 Å². The smallest absolute Gasteiger partial charge is 0.150 e. The number of carbonyl (C=O) groups is 2. The van der Waals surface area contributed by atoms with Crippen molar-refractivity contribution >= 4 is 34.1 Å². The second kappa shape index (κ2) is 7.75. The van der Waals surface area contributed by atoms with Crippen LogP contribution < -0.4 is 0 Å². The average molecular weight is 340 g/mol. The average Bonchev–Trinajstić information content (AvgIpc) is 2.67. The lowest BCUT2D eigenvalue weighted by Crippen LogP contribution is -1.80. The van der Waals surface area contributed by atoms with Crippen molar-refractivity contribution in [3.8, 4) is 0 Å². The Kier molecular flexibility index (Phi) is 5.23. The molecule has 0 saturated heterocycles. The number of hydrogen-bond donors (Lipinski definition) is 0. The van der Waals surface area contributed by atoms with Gasteiger partial charge in [-0.15, -0.1) is 0 Å². The normalized spacial score (nSPS) is 10.2. The lowest BCUT2D eigenvalue weighted by molar-refractivity contribution is 0.111. The van der Waals surface area contributed by atoms with E-state index in [0.29, 0.717) is 0 Å². The fourth-order valence-corrected chi connectivity index (χ4v) is 2.91. The molecule has 0 aliphatic carbocycles. The zero-order chi connectivity index (χ0) is 18.5. The summed E-state index contributed by atoms with van der Waals surface area (Å²) in [6.45, 7) is 4.13. The maximum absolute atomic E-state index is 10.5. The summed E-state index contributed by atoms with van der Waals surface area (Å²) in [5, 5.41) is 4.61. The van der Waals surface area contributed by atoms with Gasteiger partial charge in [0.2, 0.25) is 0 Å². The molecule has 2 heteroatoms. The summed E-state index contributed by atoms with van der Waals surface area (Å²) in [4.78, 5) is 21.0. The second-order valence-electron chi connectivity index (χ2n) is 6.46. The zero-order valence-corrected chi connectivity index (χ0v) is 14.9. The van der Waals surface area contributed by atoms with E-state index in [0.717, 1.165) is 34.5 Å². The lowest BCUT2D eigenvalue weighted by atomic mass is 10.1. The van der Waals surface area contributed by atoms with E-state index in [-0.39, 0.29) is 0 Å². The second-order valence-corrected chi connectivity index (χ2v) is 6.46. The van der Waals surface area contributed by atoms with Crippen LogP contribution in [0.4, 0.5) is 0 Å². The summed E-state index contributed by atoms with van der Waals surface area (Å²) in [6.07, 6.45) is 1.75. The molecule has 0 aliphatic rings. The number of carbonyl (C=O) groups excluding carboxylic acids is 2. The van der Waals surface area contributed by atoms with Crippen LogP contribution in [0.5, 0.6) is 0 Å². The summed E-state index contributed by atoms with van der Waals surface area (Å²) < 4.78 is 0. The molecule has 4 aromatic carbocycles. The maximum Gasteiger partial charge on any atom is 0.150 e. The standard InChI is InChI=1S/2C12H10O/c2*1-9-2-4-12-7-10(8-13)3-5-11(12)6-9/h2*2-8H,1H3. The molecule has 0 bridgehead atoms. The molecular formula is C24H20O2. The third-order valence-electron chi connectivity index (χ3n) is 4.31. The quantitative estimate of drug-likeness (QED) is 0.424. The number of fused-ring (bicyclic) bond motifs is 2. The van der Waals surface area contributed by atoms with Crippen molar-refractivity contribution in [3.05, 3.63) is 95.1 Å². The Hall–Kier alpha value is -3.26. The van der Waals surface area contributed by atoms with Crippen molar-refractivity contribution in [2.75, 3.05) is 0 Å². The van der Waals surface area contributed by atoms with Crippen LogP contribution in [0.1, 0.15) is 31.8 Å². The first kappa shape index (κ1) is 17.6. The Labute approximate surface area is 153 Å². The van der Waals surface area contributed by atoms with Crippen LogP contribution in [0.25, 0.3) is 21.5 Å². The monoisotopic (exact) mass is 340 g/mol. The van der Waals surface area contributed by atoms with E-state index in [4.69, 9.17) is 0 Å². The number of benzene rings is 4. The van der Waals surface area contributed by atoms with Gasteiger partial charge < -0.3 is 0 Å². The van der Waals surface area contributed by atoms with Gasteiger partial charge in [-0.3, -0.25) is 9.59 Å². The van der Waals surface area contributed by atoms with Crippen LogP contribution >= 0.6 is 0 Å². The third-order valence-corrected chi connectivity index (χ3v) is 4.31. The molecule has 4 aromatic rings. The molecule has 0 radical (unpaired) electrons. The summed E-state index contributed by atoms with van der Waals surface area (Å²) in [7, 11) is 0. The molecular weight excluding hydrogens is 320 g/mol. The number of hydrogen-bond acceptors (Lipinski definition) is 2. The van der Waals surface area contributed by atoms with Gasteiger partial charge in [0.1, 0.15) is 12.6 Å². The van der Waals surface area contributed by atoms with Crippen LogP contribution in [-0.4, -0.2) is 12.6 Å². The first-order valence-corrected chi connectivity index (χ1v) is 8.50. The Morgan fingerprint density at radius 1 is 0.500 bits per heavy atom. The summed E-state index contributed by atoms with van der Waals surface area (Å²) in [6, 6.07) is 23.9. The van der Waals surface area contributed by atoms with E-state index in [1.54, 1.807) is 0 Å². The maximum atomic E-state index is 10.5. The van der Waals surface area contributed by atoms with Crippen molar-refractivity contribution in [1.82, 2.24) is 0 Å². The van der Waals surface area contributed by atoms with E-state index < -0.39 is 0 Å². The zero-order valence-electron chi connectivity index (χ0n) is 14.9. The van der Waals surface area contributed by atoms with E-state index in [1.807, 2.05) is 48.5 Å². The van der Waals surface area contributed by atoms with Crippen molar-refractivity contribution in [1.29, 1.82) is 0 Å². The highest BCUT2D eigenvalue weighted by Crippen LogP contribution is 2.17. The van der Waals surface area contributed by atoms with Crippen LogP contribution in [0, 0.1) is 13.8 Å². The number of aldehydes is 2. The van der Waals surface area contributed by atoms with Gasteiger partial charge in [0.05, 0.1) is 0 Å². The Balaban J connectivity index is 0.000000151. The van der Waals surface area contributed by atoms with E-state index in [9.17, 15) is 9.59 Å². The molecule has 2 nitrogen and oxygen atoms in total. The molecule has 0 heterocycles. The Bertz CT molecular complexity index is 1000. The first-order chi connectivity index (χ1) is 12.6. The fraction of sp³-hybridized carbons (Fsp3) is 0.0833. The van der Waals surface area contributed by atoms with Gasteiger partial charge in [-0.1, -0.05) is 71.8 Å². The van der Waals surface area contributed by atoms with Crippen molar-refractivity contribution in [3.63, 3.8) is 0 Å². The summed E-state index contributed by atoms with van der Waals surface area (Å²) in [5.74, 6) is 0. The van der Waals surface area contributed by atoms with Gasteiger partial charge in [-0.25, -0.2) is 0 Å². The third kappa shape index (κ3) is 4.04. The Morgan fingerprint density at radius 3 is 1.23 bits per heavy atom. The van der Waals surface area contributed by atoms with Crippen molar-refractivity contribution in [2.45, 2.75) is 13.8 Å². The molecule has 0 unspecified atom stereocenters. The fourth-order valence-electron chi connectivity index (χ4n) is 2.91. The lowest BCUT2D eigenvalue weighted by Gasteiger charge is -1.99. The molecule has 0 aliphatic heterocycles. The molecule has 0 aromatic heterocycles. The molecule has 0 amide bonds. The van der Waals surface area contributed by atoms with Gasteiger partial charge in [0, 0.05) is 11.1 Å². The van der Waals surface area contributed by atoms with Gasteiger partial charge in [0.25, 0.3) is 0 Å². The van der Waals surface area contributed by atoms with Crippen LogP contribution in [0.2, 0.25) is 0 Å². The van der Waals surface area contributed by atoms with Crippen molar-refractivity contribution < 1.29 is 9.59 Å². The molecule has 0 atom stereocenters. The molecule has 0 saturated carbocycles. The minimum Gasteiger partial charge on any atom is -0.298 e. The molecule has 0 fully saturated rings. The highest BCUT2D eigenvalue weighted by atomic mass is 16.1. The topological polar surface area (TPSA) is 34.1 Å². The predicted octanol–water partition coefficient (Wildman–Crippen LogP) is 5.92. The highest BCUT2D eigenvalue weighted by Gasteiger charge is 1.96. The van der Waals surface area contributed by atoms with Gasteiger partial charge in [-0.2, -0.15) is 0 Å². The predicted molar refractivity (Wildman–Crippen MR) is 108 cm³/mol. The SMILES string of the molecule is Cc1ccc2cc(C=O)ccc2c1.Cc1ccc2cc(C=O)ccc2c1. The molecule has 0 spiro atoms. The molecule has 26 heavy (non-hydrogen) atoms. The Morgan fingerprint density at radius 2 is 0.846 bits per heavy atom. The molecule has 4 rings (SSSR count). The summed E-state index contributed by atoms with van der Waals surface area (Å²) >= 11 is 0. The van der Waals surface area contributed by atoms with Crippen LogP contribution in [0.3, 0.4) is 0 Å². The van der Waals surface area contributed by atoms with E-state index in [1.165, 1.54) is 21.9 Å². The minimum absolute atomic E-state index is 0.733.